The maximum atomic E-state index is 3.19. The minimum absolute atomic E-state index is 0.391. The van der Waals surface area contributed by atoms with Gasteiger partial charge in [0, 0.05) is 5.70 Å². The highest BCUT2D eigenvalue weighted by molar-refractivity contribution is 5.73. The van der Waals surface area contributed by atoms with E-state index in [1.54, 1.807) is 0 Å². The lowest BCUT2D eigenvalue weighted by Crippen LogP contribution is -2.29. The van der Waals surface area contributed by atoms with Crippen LogP contribution in [0.4, 0.5) is 0 Å². The topological polar surface area (TPSA) is 24.1 Å². The fourth-order valence-corrected chi connectivity index (χ4v) is 1.76. The van der Waals surface area contributed by atoms with E-state index in [0.717, 1.165) is 0 Å². The van der Waals surface area contributed by atoms with Crippen molar-refractivity contribution in [3.05, 3.63) is 41.6 Å². The summed E-state index contributed by atoms with van der Waals surface area (Å²) in [5.41, 5.74) is 10.2. The van der Waals surface area contributed by atoms with Crippen molar-refractivity contribution in [3.8, 4) is 0 Å². The van der Waals surface area contributed by atoms with Gasteiger partial charge in [-0.25, -0.2) is 5.43 Å². The zero-order chi connectivity index (χ0) is 12.0. The fraction of sp³-hybridized carbons (Fsp3) is 0.429. The average molecular weight is 218 g/mol. The quantitative estimate of drug-likeness (QED) is 0.755. The van der Waals surface area contributed by atoms with E-state index in [0.29, 0.717) is 6.04 Å². The van der Waals surface area contributed by atoms with Gasteiger partial charge in [0.05, 0.1) is 6.04 Å². The highest BCUT2D eigenvalue weighted by Crippen LogP contribution is 2.23. The first-order chi connectivity index (χ1) is 7.70. The molecule has 0 fully saturated rings. The molecule has 1 aliphatic rings. The lowest BCUT2D eigenvalue weighted by molar-refractivity contribution is 0.612. The Morgan fingerprint density at radius 3 is 2.12 bits per heavy atom. The van der Waals surface area contributed by atoms with Gasteiger partial charge in [-0.15, -0.1) is 0 Å². The van der Waals surface area contributed by atoms with Crippen molar-refractivity contribution in [2.75, 3.05) is 0 Å². The highest BCUT2D eigenvalue weighted by atomic mass is 15.4. The summed E-state index contributed by atoms with van der Waals surface area (Å²) < 4.78 is 0. The van der Waals surface area contributed by atoms with Crippen LogP contribution in [0.15, 0.2) is 36.0 Å². The first-order valence-electron chi connectivity index (χ1n) is 5.98. The van der Waals surface area contributed by atoms with E-state index in [1.807, 2.05) is 6.07 Å². The minimum atomic E-state index is 0.391. The summed E-state index contributed by atoms with van der Waals surface area (Å²) in [7, 11) is 0. The van der Waals surface area contributed by atoms with Crippen molar-refractivity contribution < 1.29 is 0 Å². The normalized spacial score (nSPS) is 18.9. The number of benzene rings is 1. The van der Waals surface area contributed by atoms with E-state index >= 15 is 0 Å². The smallest absolute Gasteiger partial charge is 0.0505 e. The summed E-state index contributed by atoms with van der Waals surface area (Å²) in [5, 5.41) is 0. The highest BCUT2D eigenvalue weighted by Gasteiger charge is 2.18. The van der Waals surface area contributed by atoms with Crippen molar-refractivity contribution in [2.45, 2.75) is 40.2 Å². The number of hydrogen-bond acceptors (Lipinski definition) is 2. The lowest BCUT2D eigenvalue weighted by Gasteiger charge is -2.08. The van der Waals surface area contributed by atoms with Gasteiger partial charge in [0.1, 0.15) is 0 Å². The summed E-state index contributed by atoms with van der Waals surface area (Å²) in [5.74, 6) is 0. The third-order valence-electron chi connectivity index (χ3n) is 2.40. The predicted octanol–water partition coefficient (Wildman–Crippen LogP) is 3.33. The fourth-order valence-electron chi connectivity index (χ4n) is 1.76. The SMILES string of the molecule is CC1=C(c2ccccc2)C(C)NN1.CCC. The number of hydrogen-bond donors (Lipinski definition) is 2. The van der Waals surface area contributed by atoms with E-state index in [9.17, 15) is 0 Å². The molecule has 1 aromatic carbocycles. The lowest BCUT2D eigenvalue weighted by atomic mass is 10.00. The summed E-state index contributed by atoms with van der Waals surface area (Å²) in [6.45, 7) is 8.50. The molecule has 1 atom stereocenters. The van der Waals surface area contributed by atoms with E-state index in [1.165, 1.54) is 23.3 Å². The Bertz CT molecular complexity index is 341. The van der Waals surface area contributed by atoms with Crippen LogP contribution in [0.1, 0.15) is 39.7 Å². The van der Waals surface area contributed by atoms with Crippen LogP contribution in [0, 0.1) is 0 Å². The van der Waals surface area contributed by atoms with Gasteiger partial charge in [-0.3, -0.25) is 0 Å². The van der Waals surface area contributed by atoms with Gasteiger partial charge in [0.15, 0.2) is 0 Å². The Hall–Kier alpha value is -1.28. The summed E-state index contributed by atoms with van der Waals surface area (Å²) >= 11 is 0. The molecule has 0 saturated carbocycles. The molecule has 2 heteroatoms. The molecule has 2 N–H and O–H groups in total. The molecule has 2 rings (SSSR count). The molecular formula is C14H22N2. The molecule has 0 radical (unpaired) electrons. The van der Waals surface area contributed by atoms with Gasteiger partial charge < -0.3 is 5.43 Å². The molecule has 0 saturated heterocycles. The minimum Gasteiger partial charge on any atom is -0.325 e. The van der Waals surface area contributed by atoms with Gasteiger partial charge in [-0.2, -0.15) is 0 Å². The van der Waals surface area contributed by atoms with Crippen LogP contribution >= 0.6 is 0 Å². The average Bonchev–Trinajstić information content (AvgIpc) is 2.61. The third kappa shape index (κ3) is 3.11. The van der Waals surface area contributed by atoms with Crippen LogP contribution in [0.5, 0.6) is 0 Å². The largest absolute Gasteiger partial charge is 0.325 e. The molecule has 0 aliphatic carbocycles. The predicted molar refractivity (Wildman–Crippen MR) is 70.7 cm³/mol. The molecule has 88 valence electrons. The first-order valence-corrected chi connectivity index (χ1v) is 5.98. The van der Waals surface area contributed by atoms with Gasteiger partial charge in [-0.05, 0) is 25.0 Å². The Morgan fingerprint density at radius 2 is 1.69 bits per heavy atom. The molecule has 1 aliphatic heterocycles. The number of nitrogens with one attached hydrogen (secondary N) is 2. The Morgan fingerprint density at radius 1 is 1.12 bits per heavy atom. The van der Waals surface area contributed by atoms with Crippen molar-refractivity contribution in [1.29, 1.82) is 0 Å². The van der Waals surface area contributed by atoms with Crippen molar-refractivity contribution >= 4 is 5.57 Å². The molecule has 1 heterocycles. The van der Waals surface area contributed by atoms with Crippen molar-refractivity contribution in [1.82, 2.24) is 10.9 Å². The van der Waals surface area contributed by atoms with Gasteiger partial charge in [0.2, 0.25) is 0 Å². The monoisotopic (exact) mass is 218 g/mol. The number of hydrazine groups is 1. The molecule has 1 aromatic rings. The number of allylic oxidation sites excluding steroid dienone is 1. The van der Waals surface area contributed by atoms with E-state index in [4.69, 9.17) is 0 Å². The second-order valence-corrected chi connectivity index (χ2v) is 4.10. The molecular weight excluding hydrogens is 196 g/mol. The summed E-state index contributed by atoms with van der Waals surface area (Å²) in [6, 6.07) is 10.9. The molecule has 0 spiro atoms. The van der Waals surface area contributed by atoms with E-state index in [-0.39, 0.29) is 0 Å². The Labute approximate surface area is 98.7 Å². The van der Waals surface area contributed by atoms with Crippen LogP contribution < -0.4 is 10.9 Å². The summed E-state index contributed by atoms with van der Waals surface area (Å²) in [4.78, 5) is 0. The van der Waals surface area contributed by atoms with Crippen LogP contribution in [0.2, 0.25) is 0 Å². The van der Waals surface area contributed by atoms with Gasteiger partial charge in [-0.1, -0.05) is 50.6 Å². The third-order valence-corrected chi connectivity index (χ3v) is 2.40. The summed E-state index contributed by atoms with van der Waals surface area (Å²) in [6.07, 6.45) is 1.25. The van der Waals surface area contributed by atoms with Crippen LogP contribution in [0.3, 0.4) is 0 Å². The molecule has 0 aromatic heterocycles. The Kier molecular flexibility index (Phi) is 5.06. The van der Waals surface area contributed by atoms with Gasteiger partial charge in [0.25, 0.3) is 0 Å². The van der Waals surface area contributed by atoms with Crippen LogP contribution in [-0.2, 0) is 0 Å². The van der Waals surface area contributed by atoms with Crippen molar-refractivity contribution in [2.24, 2.45) is 0 Å². The van der Waals surface area contributed by atoms with Crippen LogP contribution in [-0.4, -0.2) is 6.04 Å². The van der Waals surface area contributed by atoms with E-state index < -0.39 is 0 Å². The zero-order valence-electron chi connectivity index (χ0n) is 10.7. The molecule has 0 bridgehead atoms. The second-order valence-electron chi connectivity index (χ2n) is 4.10. The van der Waals surface area contributed by atoms with Crippen LogP contribution in [0.25, 0.3) is 5.57 Å². The molecule has 2 nitrogen and oxygen atoms in total. The molecule has 0 amide bonds. The van der Waals surface area contributed by atoms with E-state index in [2.05, 4.69) is 62.8 Å². The van der Waals surface area contributed by atoms with Gasteiger partial charge >= 0.3 is 0 Å². The zero-order valence-corrected chi connectivity index (χ0v) is 10.7. The molecule has 16 heavy (non-hydrogen) atoms. The maximum Gasteiger partial charge on any atom is 0.0505 e. The first kappa shape index (κ1) is 12.8. The standard InChI is InChI=1S/C11H14N2.C3H8/c1-8-11(9(2)13-12-8)10-6-4-3-5-7-10;1-3-2/h3-8,12-13H,1-2H3;3H2,1-2H3. The molecule has 1 unspecified atom stereocenters. The second kappa shape index (κ2) is 6.33. The Balaban J connectivity index is 0.000000386. The number of rotatable bonds is 1. The van der Waals surface area contributed by atoms with Crippen molar-refractivity contribution in [3.63, 3.8) is 0 Å². The maximum absolute atomic E-state index is 3.19.